The minimum Gasteiger partial charge on any atom is -0.287 e. The first kappa shape index (κ1) is 8.11. The molecule has 0 N–H and O–H groups in total. The Labute approximate surface area is 86.2 Å². The van der Waals surface area contributed by atoms with Crippen LogP contribution in [-0.2, 0) is 0 Å². The second kappa shape index (κ2) is 3.16. The van der Waals surface area contributed by atoms with Crippen molar-refractivity contribution in [2.45, 2.75) is 0 Å². The van der Waals surface area contributed by atoms with E-state index in [0.29, 0.717) is 0 Å². The monoisotopic (exact) mass is 196 g/mol. The summed E-state index contributed by atoms with van der Waals surface area (Å²) >= 11 is 0. The molecule has 0 fully saturated rings. The Morgan fingerprint density at radius 2 is 1.87 bits per heavy atom. The molecule has 3 rings (SSSR count). The van der Waals surface area contributed by atoms with Gasteiger partial charge in [-0.15, -0.1) is 5.10 Å². The molecule has 0 atom stereocenters. The fraction of sp³-hybridized carbons (Fsp3) is 0. The maximum absolute atomic E-state index is 4.44. The molecular weight excluding hydrogens is 188 g/mol. The van der Waals surface area contributed by atoms with Crippen molar-refractivity contribution in [1.82, 2.24) is 19.6 Å². The average Bonchev–Trinajstić information content (AvgIpc) is 2.74. The SMILES string of the molecule is c1ccc(-c2cn3cnncc3n2)cc1. The van der Waals surface area contributed by atoms with Gasteiger partial charge in [0.05, 0.1) is 11.9 Å². The van der Waals surface area contributed by atoms with Crippen molar-refractivity contribution >= 4 is 5.65 Å². The van der Waals surface area contributed by atoms with Crippen LogP contribution in [0.5, 0.6) is 0 Å². The topological polar surface area (TPSA) is 43.1 Å². The molecule has 0 aliphatic heterocycles. The smallest absolute Gasteiger partial charge is 0.159 e. The van der Waals surface area contributed by atoms with Gasteiger partial charge in [0.2, 0.25) is 0 Å². The Balaban J connectivity index is 2.21. The van der Waals surface area contributed by atoms with E-state index in [1.807, 2.05) is 40.9 Å². The summed E-state index contributed by atoms with van der Waals surface area (Å²) in [4.78, 5) is 4.44. The van der Waals surface area contributed by atoms with Crippen LogP contribution >= 0.6 is 0 Å². The number of hydrogen-bond donors (Lipinski definition) is 0. The lowest BCUT2D eigenvalue weighted by atomic mass is 10.2. The molecule has 3 aromatic rings. The fourth-order valence-corrected chi connectivity index (χ4v) is 1.51. The summed E-state index contributed by atoms with van der Waals surface area (Å²) < 4.78 is 1.86. The predicted molar refractivity (Wildman–Crippen MR) is 56.2 cm³/mol. The summed E-state index contributed by atoms with van der Waals surface area (Å²) in [6, 6.07) is 10.0. The number of nitrogens with zero attached hydrogens (tertiary/aromatic N) is 4. The van der Waals surface area contributed by atoms with E-state index >= 15 is 0 Å². The molecule has 0 radical (unpaired) electrons. The number of benzene rings is 1. The predicted octanol–water partition coefficient (Wildman–Crippen LogP) is 1.79. The minimum atomic E-state index is 0.809. The van der Waals surface area contributed by atoms with Crippen molar-refractivity contribution in [2.24, 2.45) is 0 Å². The summed E-state index contributed by atoms with van der Waals surface area (Å²) in [6.07, 6.45) is 5.24. The molecule has 2 heterocycles. The second-order valence-corrected chi connectivity index (χ2v) is 3.23. The minimum absolute atomic E-state index is 0.809. The molecule has 0 aliphatic rings. The van der Waals surface area contributed by atoms with E-state index in [4.69, 9.17) is 0 Å². The third kappa shape index (κ3) is 1.36. The van der Waals surface area contributed by atoms with Gasteiger partial charge in [-0.1, -0.05) is 30.3 Å². The van der Waals surface area contributed by atoms with Crippen molar-refractivity contribution in [3.63, 3.8) is 0 Å². The van der Waals surface area contributed by atoms with Gasteiger partial charge < -0.3 is 0 Å². The number of rotatable bonds is 1. The third-order valence-electron chi connectivity index (χ3n) is 2.25. The van der Waals surface area contributed by atoms with Gasteiger partial charge in [-0.25, -0.2) is 4.98 Å². The first-order valence-corrected chi connectivity index (χ1v) is 4.64. The molecule has 4 nitrogen and oxygen atoms in total. The van der Waals surface area contributed by atoms with Crippen LogP contribution in [0.15, 0.2) is 49.1 Å². The molecule has 72 valence electrons. The van der Waals surface area contributed by atoms with Crippen LogP contribution in [-0.4, -0.2) is 19.6 Å². The molecule has 0 saturated carbocycles. The van der Waals surface area contributed by atoms with Gasteiger partial charge in [-0.3, -0.25) is 4.40 Å². The van der Waals surface area contributed by atoms with Crippen LogP contribution in [0.4, 0.5) is 0 Å². The lowest BCUT2D eigenvalue weighted by Crippen LogP contribution is -1.86. The normalized spacial score (nSPS) is 10.7. The molecule has 0 bridgehead atoms. The zero-order valence-electron chi connectivity index (χ0n) is 7.91. The van der Waals surface area contributed by atoms with Crippen LogP contribution in [0.3, 0.4) is 0 Å². The third-order valence-corrected chi connectivity index (χ3v) is 2.25. The second-order valence-electron chi connectivity index (χ2n) is 3.23. The van der Waals surface area contributed by atoms with Crippen LogP contribution in [0, 0.1) is 0 Å². The van der Waals surface area contributed by atoms with Crippen molar-refractivity contribution in [1.29, 1.82) is 0 Å². The highest BCUT2D eigenvalue weighted by Gasteiger charge is 2.02. The van der Waals surface area contributed by atoms with Crippen molar-refractivity contribution < 1.29 is 0 Å². The Morgan fingerprint density at radius 3 is 2.67 bits per heavy atom. The first-order chi connectivity index (χ1) is 7.43. The summed E-state index contributed by atoms with van der Waals surface area (Å²) in [7, 11) is 0. The first-order valence-electron chi connectivity index (χ1n) is 4.64. The Bertz CT molecular complexity index is 553. The molecule has 2 aromatic heterocycles. The quantitative estimate of drug-likeness (QED) is 0.596. The van der Waals surface area contributed by atoms with Crippen LogP contribution in [0.2, 0.25) is 0 Å². The molecule has 0 unspecified atom stereocenters. The van der Waals surface area contributed by atoms with Crippen molar-refractivity contribution in [3.05, 3.63) is 49.1 Å². The lowest BCUT2D eigenvalue weighted by Gasteiger charge is -1.92. The standard InChI is InChI=1S/C11H8N4/c1-2-4-9(5-3-1)10-7-15-8-13-12-6-11(15)14-10/h1-8H. The maximum Gasteiger partial charge on any atom is 0.159 e. The average molecular weight is 196 g/mol. The van der Waals surface area contributed by atoms with E-state index in [1.54, 1.807) is 12.5 Å². The lowest BCUT2D eigenvalue weighted by molar-refractivity contribution is 0.944. The van der Waals surface area contributed by atoms with Gasteiger partial charge in [0.1, 0.15) is 6.33 Å². The Morgan fingerprint density at radius 1 is 1.00 bits per heavy atom. The van der Waals surface area contributed by atoms with Crippen LogP contribution in [0.25, 0.3) is 16.9 Å². The van der Waals surface area contributed by atoms with Gasteiger partial charge in [0.15, 0.2) is 5.65 Å². The van der Waals surface area contributed by atoms with E-state index in [0.717, 1.165) is 16.9 Å². The van der Waals surface area contributed by atoms with Gasteiger partial charge in [-0.2, -0.15) is 5.10 Å². The summed E-state index contributed by atoms with van der Waals surface area (Å²) in [5, 5.41) is 7.58. The molecule has 0 saturated heterocycles. The number of imidazole rings is 1. The highest BCUT2D eigenvalue weighted by molar-refractivity contribution is 5.61. The molecule has 1 aromatic carbocycles. The van der Waals surface area contributed by atoms with Gasteiger partial charge in [0.25, 0.3) is 0 Å². The highest BCUT2D eigenvalue weighted by atomic mass is 15.2. The summed E-state index contributed by atoms with van der Waals surface area (Å²) in [6.45, 7) is 0. The van der Waals surface area contributed by atoms with E-state index in [9.17, 15) is 0 Å². The fourth-order valence-electron chi connectivity index (χ4n) is 1.51. The van der Waals surface area contributed by atoms with Gasteiger partial charge in [0, 0.05) is 11.8 Å². The number of aromatic nitrogens is 4. The molecule has 4 heteroatoms. The highest BCUT2D eigenvalue weighted by Crippen LogP contribution is 2.17. The van der Waals surface area contributed by atoms with Gasteiger partial charge in [-0.05, 0) is 0 Å². The molecule has 0 amide bonds. The largest absolute Gasteiger partial charge is 0.287 e. The van der Waals surface area contributed by atoms with E-state index in [1.165, 1.54) is 0 Å². The van der Waals surface area contributed by atoms with Crippen molar-refractivity contribution in [2.75, 3.05) is 0 Å². The number of hydrogen-bond acceptors (Lipinski definition) is 3. The van der Waals surface area contributed by atoms with Gasteiger partial charge >= 0.3 is 0 Å². The zero-order chi connectivity index (χ0) is 10.1. The van der Waals surface area contributed by atoms with E-state index < -0.39 is 0 Å². The Hall–Kier alpha value is -2.23. The zero-order valence-corrected chi connectivity index (χ0v) is 7.91. The molecule has 15 heavy (non-hydrogen) atoms. The molecule has 0 spiro atoms. The van der Waals surface area contributed by atoms with E-state index in [2.05, 4.69) is 15.2 Å². The van der Waals surface area contributed by atoms with Crippen LogP contribution < -0.4 is 0 Å². The summed E-state index contributed by atoms with van der Waals surface area (Å²) in [5.74, 6) is 0. The maximum atomic E-state index is 4.44. The molecule has 0 aliphatic carbocycles. The van der Waals surface area contributed by atoms with E-state index in [-0.39, 0.29) is 0 Å². The Kier molecular flexibility index (Phi) is 1.71. The van der Waals surface area contributed by atoms with Crippen molar-refractivity contribution in [3.8, 4) is 11.3 Å². The summed E-state index contributed by atoms with van der Waals surface area (Å²) in [5.41, 5.74) is 2.84. The number of fused-ring (bicyclic) bond motifs is 1. The van der Waals surface area contributed by atoms with Crippen LogP contribution in [0.1, 0.15) is 0 Å². The molecular formula is C11H8N4.